The van der Waals surface area contributed by atoms with Crippen molar-refractivity contribution in [3.8, 4) is 0 Å². The molecular weight excluding hydrogens is 218 g/mol. The highest BCUT2D eigenvalue weighted by molar-refractivity contribution is 5.73. The van der Waals surface area contributed by atoms with Crippen molar-refractivity contribution in [1.82, 2.24) is 4.98 Å². The van der Waals surface area contributed by atoms with Crippen LogP contribution >= 0.6 is 0 Å². The highest BCUT2D eigenvalue weighted by Gasteiger charge is 2.18. The Hall–Kier alpha value is -1.56. The molecule has 0 fully saturated rings. The topological polar surface area (TPSA) is 65.2 Å². The van der Waals surface area contributed by atoms with E-state index in [1.165, 1.54) is 13.3 Å². The van der Waals surface area contributed by atoms with E-state index in [0.29, 0.717) is 5.56 Å². The molecule has 1 aromatic rings. The smallest absolute Gasteiger partial charge is 0.310 e. The Kier molecular flexibility index (Phi) is 4.30. The van der Waals surface area contributed by atoms with E-state index in [9.17, 15) is 13.6 Å². The van der Waals surface area contributed by atoms with Crippen LogP contribution in [-0.4, -0.2) is 18.1 Å². The Balaban J connectivity index is 3.14. The molecule has 2 N–H and O–H groups in total. The van der Waals surface area contributed by atoms with Gasteiger partial charge in [0.25, 0.3) is 6.43 Å². The van der Waals surface area contributed by atoms with Gasteiger partial charge < -0.3 is 10.5 Å². The number of carbonyl (C=O) groups is 1. The normalized spacial score (nSPS) is 10.6. The summed E-state index contributed by atoms with van der Waals surface area (Å²) in [4.78, 5) is 14.8. The van der Waals surface area contributed by atoms with Crippen molar-refractivity contribution >= 4 is 5.97 Å². The number of halogens is 2. The maximum absolute atomic E-state index is 12.7. The molecule has 0 aliphatic rings. The van der Waals surface area contributed by atoms with E-state index in [2.05, 4.69) is 9.72 Å². The van der Waals surface area contributed by atoms with Crippen LogP contribution in [0, 0.1) is 0 Å². The molecule has 1 aromatic heterocycles. The van der Waals surface area contributed by atoms with Gasteiger partial charge in [0.2, 0.25) is 0 Å². The molecule has 1 heterocycles. The summed E-state index contributed by atoms with van der Waals surface area (Å²) in [6.45, 7) is 0.0554. The molecule has 16 heavy (non-hydrogen) atoms. The third kappa shape index (κ3) is 2.73. The van der Waals surface area contributed by atoms with Crippen molar-refractivity contribution in [1.29, 1.82) is 0 Å². The van der Waals surface area contributed by atoms with Gasteiger partial charge in [-0.25, -0.2) is 8.78 Å². The number of methoxy groups -OCH3 is 1. The van der Waals surface area contributed by atoms with E-state index in [4.69, 9.17) is 5.73 Å². The number of carbonyl (C=O) groups excluding carboxylic acids is 1. The first-order valence-electron chi connectivity index (χ1n) is 4.60. The average Bonchev–Trinajstić information content (AvgIpc) is 2.28. The van der Waals surface area contributed by atoms with Gasteiger partial charge in [0, 0.05) is 24.5 Å². The molecule has 0 unspecified atom stereocenters. The van der Waals surface area contributed by atoms with E-state index in [1.54, 1.807) is 0 Å². The number of aromatic nitrogens is 1. The third-order valence-electron chi connectivity index (χ3n) is 2.18. The predicted octanol–water partition coefficient (Wildman–Crippen LogP) is 1.19. The molecule has 0 saturated carbocycles. The molecule has 0 aliphatic heterocycles. The van der Waals surface area contributed by atoms with Crippen molar-refractivity contribution in [3.05, 3.63) is 29.1 Å². The number of alkyl halides is 2. The molecule has 0 aromatic carbocycles. The van der Waals surface area contributed by atoms with E-state index >= 15 is 0 Å². The third-order valence-corrected chi connectivity index (χ3v) is 2.18. The molecule has 0 atom stereocenters. The van der Waals surface area contributed by atoms with Gasteiger partial charge in [0.1, 0.15) is 0 Å². The summed E-state index contributed by atoms with van der Waals surface area (Å²) < 4.78 is 29.8. The van der Waals surface area contributed by atoms with Crippen LogP contribution in [0.3, 0.4) is 0 Å². The molecule has 4 nitrogen and oxygen atoms in total. The van der Waals surface area contributed by atoms with E-state index in [-0.39, 0.29) is 24.1 Å². The lowest BCUT2D eigenvalue weighted by molar-refractivity contribution is -0.139. The van der Waals surface area contributed by atoms with Gasteiger partial charge in [0.05, 0.1) is 13.5 Å². The number of nitrogens with zero attached hydrogens (tertiary/aromatic N) is 1. The van der Waals surface area contributed by atoms with Crippen LogP contribution in [-0.2, 0) is 22.5 Å². The lowest BCUT2D eigenvalue weighted by atomic mass is 10.0. The van der Waals surface area contributed by atoms with Crippen molar-refractivity contribution in [2.45, 2.75) is 19.4 Å². The van der Waals surface area contributed by atoms with Crippen molar-refractivity contribution in [2.24, 2.45) is 5.73 Å². The Labute approximate surface area is 91.4 Å². The first-order chi connectivity index (χ1) is 7.60. The van der Waals surface area contributed by atoms with Crippen LogP contribution in [0.25, 0.3) is 0 Å². The summed E-state index contributed by atoms with van der Waals surface area (Å²) >= 11 is 0. The zero-order valence-corrected chi connectivity index (χ0v) is 8.74. The number of pyridine rings is 1. The van der Waals surface area contributed by atoms with Crippen molar-refractivity contribution in [3.63, 3.8) is 0 Å². The summed E-state index contributed by atoms with van der Waals surface area (Å²) in [6.07, 6.45) is -0.476. The maximum atomic E-state index is 12.7. The van der Waals surface area contributed by atoms with Gasteiger partial charge >= 0.3 is 5.97 Å². The molecule has 0 saturated heterocycles. The van der Waals surface area contributed by atoms with Crippen LogP contribution in [0.4, 0.5) is 8.78 Å². The van der Waals surface area contributed by atoms with Gasteiger partial charge in [-0.05, 0) is 11.1 Å². The fourth-order valence-electron chi connectivity index (χ4n) is 1.34. The summed E-state index contributed by atoms with van der Waals surface area (Å²) in [6, 6.07) is 0. The highest BCUT2D eigenvalue weighted by Crippen LogP contribution is 2.25. The van der Waals surface area contributed by atoms with E-state index in [0.717, 1.165) is 6.20 Å². The first-order valence-corrected chi connectivity index (χ1v) is 4.60. The molecule has 0 aliphatic carbocycles. The number of nitrogens with two attached hydrogens (primary N) is 1. The number of hydrogen-bond donors (Lipinski definition) is 1. The minimum Gasteiger partial charge on any atom is -0.469 e. The molecule has 0 spiro atoms. The zero-order valence-electron chi connectivity index (χ0n) is 8.74. The molecule has 0 radical (unpaired) electrons. The number of rotatable bonds is 4. The molecule has 1 rings (SSSR count). The monoisotopic (exact) mass is 230 g/mol. The number of esters is 1. The minimum atomic E-state index is -2.68. The number of ether oxygens (including phenoxy) is 1. The fourth-order valence-corrected chi connectivity index (χ4v) is 1.34. The fraction of sp³-hybridized carbons (Fsp3) is 0.400. The molecule has 6 heteroatoms. The van der Waals surface area contributed by atoms with Gasteiger partial charge in [-0.1, -0.05) is 0 Å². The second kappa shape index (κ2) is 5.50. The lowest BCUT2D eigenvalue weighted by Crippen LogP contribution is -2.12. The van der Waals surface area contributed by atoms with Crippen LogP contribution in [0.2, 0.25) is 0 Å². The minimum absolute atomic E-state index is 0.0554. The second-order valence-corrected chi connectivity index (χ2v) is 3.12. The average molecular weight is 230 g/mol. The SMILES string of the molecule is COC(=O)Cc1c(CN)cncc1C(F)F. The second-order valence-electron chi connectivity index (χ2n) is 3.12. The van der Waals surface area contributed by atoms with Gasteiger partial charge in [-0.3, -0.25) is 9.78 Å². The molecule has 0 amide bonds. The van der Waals surface area contributed by atoms with Gasteiger partial charge in [-0.15, -0.1) is 0 Å². The Bertz CT molecular complexity index is 383. The summed E-state index contributed by atoms with van der Waals surface area (Å²) in [5.41, 5.74) is 5.77. The summed E-state index contributed by atoms with van der Waals surface area (Å²) in [5, 5.41) is 0. The van der Waals surface area contributed by atoms with Crippen molar-refractivity contribution < 1.29 is 18.3 Å². The first kappa shape index (κ1) is 12.5. The number of hydrogen-bond acceptors (Lipinski definition) is 4. The van der Waals surface area contributed by atoms with Gasteiger partial charge in [0.15, 0.2) is 0 Å². The van der Waals surface area contributed by atoms with Crippen molar-refractivity contribution in [2.75, 3.05) is 7.11 Å². The molecular formula is C10H12F2N2O2. The van der Waals surface area contributed by atoms with Crippen LogP contribution in [0.1, 0.15) is 23.1 Å². The molecule has 88 valence electrons. The Morgan fingerprint density at radius 3 is 2.75 bits per heavy atom. The molecule has 0 bridgehead atoms. The zero-order chi connectivity index (χ0) is 12.1. The van der Waals surface area contributed by atoms with Gasteiger partial charge in [-0.2, -0.15) is 0 Å². The maximum Gasteiger partial charge on any atom is 0.310 e. The quantitative estimate of drug-likeness (QED) is 0.789. The van der Waals surface area contributed by atoms with E-state index < -0.39 is 12.4 Å². The Morgan fingerprint density at radius 1 is 1.56 bits per heavy atom. The van der Waals surface area contributed by atoms with Crippen LogP contribution < -0.4 is 5.73 Å². The lowest BCUT2D eigenvalue weighted by Gasteiger charge is -2.11. The predicted molar refractivity (Wildman–Crippen MR) is 52.8 cm³/mol. The Morgan fingerprint density at radius 2 is 2.25 bits per heavy atom. The largest absolute Gasteiger partial charge is 0.469 e. The standard InChI is InChI=1S/C10H12F2N2O2/c1-16-9(15)2-7-6(3-13)4-14-5-8(7)10(11)12/h4-5,10H,2-3,13H2,1H3. The summed E-state index contributed by atoms with van der Waals surface area (Å²) in [7, 11) is 1.20. The van der Waals surface area contributed by atoms with Crippen LogP contribution in [0.15, 0.2) is 12.4 Å². The highest BCUT2D eigenvalue weighted by atomic mass is 19.3. The van der Waals surface area contributed by atoms with E-state index in [1.807, 2.05) is 0 Å². The summed E-state index contributed by atoms with van der Waals surface area (Å²) in [5.74, 6) is -0.581. The van der Waals surface area contributed by atoms with Crippen LogP contribution in [0.5, 0.6) is 0 Å².